The third kappa shape index (κ3) is 3.28. The van der Waals surface area contributed by atoms with E-state index in [1.807, 2.05) is 0 Å². The third-order valence-electron chi connectivity index (χ3n) is 3.58. The first-order chi connectivity index (χ1) is 9.51. The normalized spacial score (nSPS) is 15.8. The minimum atomic E-state index is -0.290. The lowest BCUT2D eigenvalue weighted by Gasteiger charge is -2.25. The van der Waals surface area contributed by atoms with Crippen LogP contribution >= 0.6 is 0 Å². The van der Waals surface area contributed by atoms with Crippen LogP contribution in [0.1, 0.15) is 25.8 Å². The van der Waals surface area contributed by atoms with Gasteiger partial charge in [-0.1, -0.05) is 13.8 Å². The van der Waals surface area contributed by atoms with Crippen molar-refractivity contribution < 1.29 is 13.9 Å². The maximum absolute atomic E-state index is 14.1. The van der Waals surface area contributed by atoms with Gasteiger partial charge in [-0.25, -0.2) is 4.39 Å². The van der Waals surface area contributed by atoms with E-state index in [1.54, 1.807) is 13.2 Å². The van der Waals surface area contributed by atoms with Crippen LogP contribution in [0.15, 0.2) is 12.1 Å². The summed E-state index contributed by atoms with van der Waals surface area (Å²) in [6, 6.07) is 3.19. The second kappa shape index (κ2) is 6.22. The average Bonchev–Trinajstić information content (AvgIpc) is 2.39. The number of fused-ring (bicyclic) bond motifs is 1. The minimum absolute atomic E-state index is 0.0202. The van der Waals surface area contributed by atoms with E-state index < -0.39 is 0 Å². The zero-order valence-electron chi connectivity index (χ0n) is 12.1. The predicted molar refractivity (Wildman–Crippen MR) is 77.5 cm³/mol. The summed E-state index contributed by atoms with van der Waals surface area (Å²) in [7, 11) is 1.63. The van der Waals surface area contributed by atoms with Crippen molar-refractivity contribution in [3.05, 3.63) is 23.5 Å². The highest BCUT2D eigenvalue weighted by atomic mass is 19.1. The molecule has 0 bridgehead atoms. The van der Waals surface area contributed by atoms with Gasteiger partial charge in [-0.05, 0) is 30.0 Å². The molecule has 1 aromatic rings. The summed E-state index contributed by atoms with van der Waals surface area (Å²) in [5, 5.41) is 5.95. The molecular weight excluding hydrogens is 259 g/mol. The van der Waals surface area contributed by atoms with Crippen molar-refractivity contribution in [2.45, 2.75) is 32.7 Å². The predicted octanol–water partition coefficient (Wildman–Crippen LogP) is 2.79. The SMILES string of the molecule is COCC(Nc1cc2c(cc1F)CCC(=O)N2)C(C)C. The van der Waals surface area contributed by atoms with E-state index in [0.29, 0.717) is 36.7 Å². The van der Waals surface area contributed by atoms with Gasteiger partial charge in [0.05, 0.1) is 18.3 Å². The Kier molecular flexibility index (Phi) is 4.60. The van der Waals surface area contributed by atoms with Gasteiger partial charge in [0, 0.05) is 19.2 Å². The highest BCUT2D eigenvalue weighted by molar-refractivity contribution is 5.94. The second-order valence-electron chi connectivity index (χ2n) is 5.49. The largest absolute Gasteiger partial charge is 0.383 e. The maximum atomic E-state index is 14.1. The van der Waals surface area contributed by atoms with Gasteiger partial charge in [0.15, 0.2) is 0 Å². The number of carbonyl (C=O) groups is 1. The molecule has 1 aromatic carbocycles. The van der Waals surface area contributed by atoms with E-state index >= 15 is 0 Å². The number of anilines is 2. The number of hydrogen-bond donors (Lipinski definition) is 2. The lowest BCUT2D eigenvalue weighted by atomic mass is 10.0. The monoisotopic (exact) mass is 280 g/mol. The number of halogens is 1. The Bertz CT molecular complexity index is 503. The summed E-state index contributed by atoms with van der Waals surface area (Å²) in [6.07, 6.45) is 1.00. The standard InChI is InChI=1S/C15H21FN2O2/c1-9(2)14(8-20-3)17-13-7-12-10(6-11(13)16)4-5-15(19)18-12/h6-7,9,14,17H,4-5,8H2,1-3H3,(H,18,19). The lowest BCUT2D eigenvalue weighted by molar-refractivity contribution is -0.116. The fourth-order valence-corrected chi connectivity index (χ4v) is 2.29. The molecule has 1 amide bonds. The molecule has 0 aromatic heterocycles. The Morgan fingerprint density at radius 1 is 1.40 bits per heavy atom. The topological polar surface area (TPSA) is 50.4 Å². The fraction of sp³-hybridized carbons (Fsp3) is 0.533. The van der Waals surface area contributed by atoms with Crippen molar-refractivity contribution in [3.8, 4) is 0 Å². The van der Waals surface area contributed by atoms with Crippen LogP contribution < -0.4 is 10.6 Å². The second-order valence-corrected chi connectivity index (χ2v) is 5.49. The van der Waals surface area contributed by atoms with Gasteiger partial charge in [0.1, 0.15) is 5.82 Å². The van der Waals surface area contributed by atoms with Crippen LogP contribution in [0.25, 0.3) is 0 Å². The zero-order valence-corrected chi connectivity index (χ0v) is 12.1. The van der Waals surface area contributed by atoms with Crippen molar-refractivity contribution in [3.63, 3.8) is 0 Å². The van der Waals surface area contributed by atoms with Crippen molar-refractivity contribution in [2.75, 3.05) is 24.4 Å². The number of ether oxygens (including phenoxy) is 1. The number of aryl methyl sites for hydroxylation is 1. The number of carbonyl (C=O) groups excluding carboxylic acids is 1. The number of amides is 1. The van der Waals surface area contributed by atoms with Gasteiger partial charge < -0.3 is 15.4 Å². The van der Waals surface area contributed by atoms with E-state index in [0.717, 1.165) is 5.56 Å². The number of nitrogens with one attached hydrogen (secondary N) is 2. The molecule has 0 saturated carbocycles. The summed E-state index contributed by atoms with van der Waals surface area (Å²) in [5.74, 6) is -0.00557. The van der Waals surface area contributed by atoms with Crippen molar-refractivity contribution in [1.82, 2.24) is 0 Å². The van der Waals surface area contributed by atoms with Gasteiger partial charge in [0.25, 0.3) is 0 Å². The van der Waals surface area contributed by atoms with E-state index in [-0.39, 0.29) is 17.8 Å². The summed E-state index contributed by atoms with van der Waals surface area (Å²) < 4.78 is 19.3. The van der Waals surface area contributed by atoms with Crippen LogP contribution in [0.5, 0.6) is 0 Å². The lowest BCUT2D eigenvalue weighted by Crippen LogP contribution is -2.31. The molecule has 110 valence electrons. The quantitative estimate of drug-likeness (QED) is 0.872. The van der Waals surface area contributed by atoms with Crippen LogP contribution in [0, 0.1) is 11.7 Å². The van der Waals surface area contributed by atoms with Crippen LogP contribution in [-0.4, -0.2) is 25.7 Å². The Hall–Kier alpha value is -1.62. The first kappa shape index (κ1) is 14.8. The van der Waals surface area contributed by atoms with Gasteiger partial charge in [-0.3, -0.25) is 4.79 Å². The molecule has 0 aliphatic carbocycles. The zero-order chi connectivity index (χ0) is 14.7. The van der Waals surface area contributed by atoms with Crippen LogP contribution in [0.3, 0.4) is 0 Å². The molecule has 1 unspecified atom stereocenters. The Morgan fingerprint density at radius 3 is 2.80 bits per heavy atom. The highest BCUT2D eigenvalue weighted by Gasteiger charge is 2.20. The van der Waals surface area contributed by atoms with Crippen molar-refractivity contribution in [1.29, 1.82) is 0 Å². The maximum Gasteiger partial charge on any atom is 0.224 e. The molecule has 2 rings (SSSR count). The van der Waals surface area contributed by atoms with Crippen molar-refractivity contribution >= 4 is 17.3 Å². The molecule has 1 aliphatic rings. The van der Waals surface area contributed by atoms with E-state index in [2.05, 4.69) is 24.5 Å². The molecule has 20 heavy (non-hydrogen) atoms. The highest BCUT2D eigenvalue weighted by Crippen LogP contribution is 2.29. The molecule has 4 nitrogen and oxygen atoms in total. The molecule has 2 N–H and O–H groups in total. The molecule has 5 heteroatoms. The first-order valence-corrected chi connectivity index (χ1v) is 6.89. The van der Waals surface area contributed by atoms with E-state index in [4.69, 9.17) is 4.74 Å². The molecule has 1 atom stereocenters. The molecule has 0 saturated heterocycles. The van der Waals surface area contributed by atoms with Crippen LogP contribution in [-0.2, 0) is 16.0 Å². The Morgan fingerprint density at radius 2 is 2.15 bits per heavy atom. The minimum Gasteiger partial charge on any atom is -0.383 e. The van der Waals surface area contributed by atoms with Crippen molar-refractivity contribution in [2.24, 2.45) is 5.92 Å². The van der Waals surface area contributed by atoms with Gasteiger partial charge >= 0.3 is 0 Å². The molecular formula is C15H21FN2O2. The van der Waals surface area contributed by atoms with Crippen LogP contribution in [0.2, 0.25) is 0 Å². The molecule has 1 aliphatic heterocycles. The summed E-state index contributed by atoms with van der Waals surface area (Å²) in [4.78, 5) is 11.4. The summed E-state index contributed by atoms with van der Waals surface area (Å²) >= 11 is 0. The summed E-state index contributed by atoms with van der Waals surface area (Å²) in [6.45, 7) is 4.60. The molecule has 0 radical (unpaired) electrons. The number of benzene rings is 1. The van der Waals surface area contributed by atoms with Gasteiger partial charge in [-0.2, -0.15) is 0 Å². The number of rotatable bonds is 5. The van der Waals surface area contributed by atoms with Crippen LogP contribution in [0.4, 0.5) is 15.8 Å². The van der Waals surface area contributed by atoms with E-state index in [9.17, 15) is 9.18 Å². The fourth-order valence-electron chi connectivity index (χ4n) is 2.29. The molecule has 0 spiro atoms. The van der Waals surface area contributed by atoms with Gasteiger partial charge in [0.2, 0.25) is 5.91 Å². The average molecular weight is 280 g/mol. The molecule has 1 heterocycles. The van der Waals surface area contributed by atoms with Gasteiger partial charge in [-0.15, -0.1) is 0 Å². The number of hydrogen-bond acceptors (Lipinski definition) is 3. The first-order valence-electron chi connectivity index (χ1n) is 6.89. The number of methoxy groups -OCH3 is 1. The Balaban J connectivity index is 2.23. The molecule has 0 fully saturated rings. The smallest absolute Gasteiger partial charge is 0.224 e. The third-order valence-corrected chi connectivity index (χ3v) is 3.58. The summed E-state index contributed by atoms with van der Waals surface area (Å²) in [5.41, 5.74) is 1.95. The van der Waals surface area contributed by atoms with E-state index in [1.165, 1.54) is 6.07 Å². The Labute approximate surface area is 118 Å².